The van der Waals surface area contributed by atoms with E-state index in [-0.39, 0.29) is 0 Å². The van der Waals surface area contributed by atoms with Gasteiger partial charge in [-0.15, -0.1) is 0 Å². The normalized spacial score (nSPS) is 19.2. The number of rotatable bonds is 6. The summed E-state index contributed by atoms with van der Waals surface area (Å²) >= 11 is 0. The average Bonchev–Trinajstić information content (AvgIpc) is 2.46. The summed E-state index contributed by atoms with van der Waals surface area (Å²) in [7, 11) is 2.05. The van der Waals surface area contributed by atoms with Crippen molar-refractivity contribution in [3.05, 3.63) is 12.4 Å². The molecule has 1 aromatic heterocycles. The molecule has 2 rings (SSSR count). The molecule has 0 aliphatic carbocycles. The highest BCUT2D eigenvalue weighted by Crippen LogP contribution is 2.13. The minimum Gasteiger partial charge on any atom is -0.376 e. The van der Waals surface area contributed by atoms with Crippen LogP contribution in [-0.2, 0) is 4.74 Å². The van der Waals surface area contributed by atoms with E-state index in [2.05, 4.69) is 32.4 Å². The summed E-state index contributed by atoms with van der Waals surface area (Å²) in [4.78, 5) is 10.6. The van der Waals surface area contributed by atoms with Crippen LogP contribution in [0.4, 0.5) is 11.6 Å². The maximum Gasteiger partial charge on any atom is 0.133 e. The molecule has 1 unspecified atom stereocenters. The Kier molecular flexibility index (Phi) is 5.35. The van der Waals surface area contributed by atoms with Gasteiger partial charge in [-0.25, -0.2) is 9.97 Å². The number of aromatic nitrogens is 2. The van der Waals surface area contributed by atoms with Gasteiger partial charge in [0.25, 0.3) is 0 Å². The number of hydrogen-bond acceptors (Lipinski definition) is 6. The van der Waals surface area contributed by atoms with E-state index in [0.29, 0.717) is 6.10 Å². The Morgan fingerprint density at radius 2 is 2.42 bits per heavy atom. The van der Waals surface area contributed by atoms with Gasteiger partial charge in [0.1, 0.15) is 18.0 Å². The Morgan fingerprint density at radius 3 is 3.16 bits per heavy atom. The first-order valence-electron chi connectivity index (χ1n) is 6.89. The molecular weight excluding hydrogens is 242 g/mol. The zero-order valence-electron chi connectivity index (χ0n) is 11.7. The van der Waals surface area contributed by atoms with Crippen LogP contribution >= 0.6 is 0 Å². The fourth-order valence-electron chi connectivity index (χ4n) is 2.09. The molecule has 0 spiro atoms. The van der Waals surface area contributed by atoms with Crippen LogP contribution in [0.1, 0.15) is 13.3 Å². The largest absolute Gasteiger partial charge is 0.376 e. The molecule has 6 nitrogen and oxygen atoms in total. The second kappa shape index (κ2) is 7.25. The lowest BCUT2D eigenvalue weighted by Gasteiger charge is -2.26. The molecule has 0 radical (unpaired) electrons. The summed E-state index contributed by atoms with van der Waals surface area (Å²) in [5, 5.41) is 6.54. The summed E-state index contributed by atoms with van der Waals surface area (Å²) in [5.41, 5.74) is 0. The van der Waals surface area contributed by atoms with Crippen LogP contribution in [0.25, 0.3) is 0 Å². The van der Waals surface area contributed by atoms with Crippen LogP contribution in [0.5, 0.6) is 0 Å². The van der Waals surface area contributed by atoms with Crippen LogP contribution in [-0.4, -0.2) is 55.9 Å². The van der Waals surface area contributed by atoms with Crippen LogP contribution < -0.4 is 15.5 Å². The van der Waals surface area contributed by atoms with E-state index < -0.39 is 0 Å². The van der Waals surface area contributed by atoms with E-state index in [1.165, 1.54) is 0 Å². The summed E-state index contributed by atoms with van der Waals surface area (Å²) in [6.45, 7) is 6.56. The highest BCUT2D eigenvalue weighted by Gasteiger charge is 2.14. The molecule has 0 saturated carbocycles. The predicted octanol–water partition coefficient (Wildman–Crippen LogP) is 0.723. The second-order valence-electron chi connectivity index (χ2n) is 4.70. The maximum atomic E-state index is 5.69. The van der Waals surface area contributed by atoms with Gasteiger partial charge >= 0.3 is 0 Å². The van der Waals surface area contributed by atoms with E-state index in [4.69, 9.17) is 4.74 Å². The van der Waals surface area contributed by atoms with Crippen molar-refractivity contribution in [3.8, 4) is 0 Å². The van der Waals surface area contributed by atoms with Gasteiger partial charge in [0.2, 0.25) is 0 Å². The van der Waals surface area contributed by atoms with E-state index in [9.17, 15) is 0 Å². The molecular formula is C13H23N5O. The van der Waals surface area contributed by atoms with Gasteiger partial charge in [0.05, 0.1) is 12.7 Å². The van der Waals surface area contributed by atoms with Gasteiger partial charge in [0, 0.05) is 39.3 Å². The van der Waals surface area contributed by atoms with Crippen molar-refractivity contribution in [2.75, 3.05) is 50.1 Å². The molecule has 1 aliphatic heterocycles. The molecule has 0 bridgehead atoms. The Labute approximate surface area is 114 Å². The third kappa shape index (κ3) is 4.33. The second-order valence-corrected chi connectivity index (χ2v) is 4.70. The SMILES string of the molecule is CCNc1cc(N(C)CCC2CNCCO2)ncn1. The topological polar surface area (TPSA) is 62.3 Å². The quantitative estimate of drug-likeness (QED) is 0.790. The zero-order valence-corrected chi connectivity index (χ0v) is 11.7. The highest BCUT2D eigenvalue weighted by molar-refractivity contribution is 5.47. The lowest BCUT2D eigenvalue weighted by Crippen LogP contribution is -2.40. The standard InChI is InChI=1S/C13H23N5O/c1-3-15-12-8-13(17-10-16-12)18(2)6-4-11-9-14-5-7-19-11/h8,10-11,14H,3-7,9H2,1-2H3,(H,15,16,17). The van der Waals surface area contributed by atoms with Crippen LogP contribution in [0.15, 0.2) is 12.4 Å². The number of anilines is 2. The lowest BCUT2D eigenvalue weighted by atomic mass is 10.2. The Balaban J connectivity index is 1.84. The number of nitrogens with one attached hydrogen (secondary N) is 2. The van der Waals surface area contributed by atoms with E-state index in [1.807, 2.05) is 13.1 Å². The minimum atomic E-state index is 0.311. The molecule has 1 saturated heterocycles. The number of nitrogens with zero attached hydrogens (tertiary/aromatic N) is 3. The summed E-state index contributed by atoms with van der Waals surface area (Å²) in [6.07, 6.45) is 2.92. The fourth-order valence-corrected chi connectivity index (χ4v) is 2.09. The summed E-state index contributed by atoms with van der Waals surface area (Å²) < 4.78 is 5.69. The zero-order chi connectivity index (χ0) is 13.5. The molecule has 106 valence electrons. The molecule has 2 heterocycles. The average molecular weight is 265 g/mol. The van der Waals surface area contributed by atoms with Gasteiger partial charge in [-0.05, 0) is 13.3 Å². The molecule has 1 fully saturated rings. The van der Waals surface area contributed by atoms with Crippen molar-refractivity contribution < 1.29 is 4.74 Å². The van der Waals surface area contributed by atoms with Gasteiger partial charge < -0.3 is 20.3 Å². The van der Waals surface area contributed by atoms with Crippen molar-refractivity contribution in [2.24, 2.45) is 0 Å². The van der Waals surface area contributed by atoms with Gasteiger partial charge in [-0.3, -0.25) is 0 Å². The van der Waals surface area contributed by atoms with Gasteiger partial charge in [0.15, 0.2) is 0 Å². The van der Waals surface area contributed by atoms with Crippen molar-refractivity contribution in [1.82, 2.24) is 15.3 Å². The first-order valence-corrected chi connectivity index (χ1v) is 6.89. The smallest absolute Gasteiger partial charge is 0.133 e. The Bertz CT molecular complexity index is 381. The molecule has 1 aliphatic rings. The predicted molar refractivity (Wildman–Crippen MR) is 76.7 cm³/mol. The van der Waals surface area contributed by atoms with Gasteiger partial charge in [-0.1, -0.05) is 0 Å². The van der Waals surface area contributed by atoms with E-state index in [0.717, 1.165) is 50.8 Å². The first kappa shape index (κ1) is 14.0. The molecule has 0 amide bonds. The molecule has 1 atom stereocenters. The molecule has 0 aromatic carbocycles. The van der Waals surface area contributed by atoms with Crippen molar-refractivity contribution in [1.29, 1.82) is 0 Å². The van der Waals surface area contributed by atoms with Crippen LogP contribution in [0.3, 0.4) is 0 Å². The molecule has 1 aromatic rings. The number of ether oxygens (including phenoxy) is 1. The summed E-state index contributed by atoms with van der Waals surface area (Å²) in [5.74, 6) is 1.81. The van der Waals surface area contributed by atoms with Crippen molar-refractivity contribution in [3.63, 3.8) is 0 Å². The van der Waals surface area contributed by atoms with Crippen molar-refractivity contribution >= 4 is 11.6 Å². The van der Waals surface area contributed by atoms with E-state index >= 15 is 0 Å². The third-order valence-corrected chi connectivity index (χ3v) is 3.19. The monoisotopic (exact) mass is 265 g/mol. The van der Waals surface area contributed by atoms with Gasteiger partial charge in [-0.2, -0.15) is 0 Å². The number of morpholine rings is 1. The first-order chi connectivity index (χ1) is 9.29. The fraction of sp³-hybridized carbons (Fsp3) is 0.692. The molecule has 19 heavy (non-hydrogen) atoms. The number of hydrogen-bond donors (Lipinski definition) is 2. The van der Waals surface area contributed by atoms with Crippen LogP contribution in [0.2, 0.25) is 0 Å². The van der Waals surface area contributed by atoms with Crippen molar-refractivity contribution in [2.45, 2.75) is 19.4 Å². The molecule has 6 heteroatoms. The lowest BCUT2D eigenvalue weighted by molar-refractivity contribution is 0.0250. The maximum absolute atomic E-state index is 5.69. The Morgan fingerprint density at radius 1 is 1.53 bits per heavy atom. The Hall–Kier alpha value is -1.40. The highest BCUT2D eigenvalue weighted by atomic mass is 16.5. The van der Waals surface area contributed by atoms with E-state index in [1.54, 1.807) is 6.33 Å². The molecule has 2 N–H and O–H groups in total. The summed E-state index contributed by atoms with van der Waals surface area (Å²) in [6, 6.07) is 1.98. The third-order valence-electron chi connectivity index (χ3n) is 3.19. The van der Waals surface area contributed by atoms with Crippen LogP contribution in [0, 0.1) is 0 Å². The minimum absolute atomic E-state index is 0.311.